The van der Waals surface area contributed by atoms with Crippen molar-refractivity contribution in [1.82, 2.24) is 9.97 Å². The van der Waals surface area contributed by atoms with Crippen LogP contribution in [-0.2, 0) is 0 Å². The van der Waals surface area contributed by atoms with E-state index >= 15 is 0 Å². The Bertz CT molecular complexity index is 899. The van der Waals surface area contributed by atoms with Crippen molar-refractivity contribution in [3.8, 4) is 0 Å². The molecular formula is C19H28N9O+. The number of primary amides is 1. The van der Waals surface area contributed by atoms with Crippen molar-refractivity contribution in [2.45, 2.75) is 44.7 Å². The molecule has 1 aromatic carbocycles. The van der Waals surface area contributed by atoms with Crippen molar-refractivity contribution < 1.29 is 10.2 Å². The minimum atomic E-state index is -0.611. The fourth-order valence-electron chi connectivity index (χ4n) is 3.46. The minimum absolute atomic E-state index is 0.0533. The van der Waals surface area contributed by atoms with Gasteiger partial charge in [0, 0.05) is 36.1 Å². The molecule has 0 radical (unpaired) electrons. The summed E-state index contributed by atoms with van der Waals surface area (Å²) in [4.78, 5) is 20.6. The summed E-state index contributed by atoms with van der Waals surface area (Å²) in [5, 5.41) is 10.4. The van der Waals surface area contributed by atoms with E-state index in [-0.39, 0.29) is 17.6 Å². The molecule has 1 aliphatic rings. The van der Waals surface area contributed by atoms with Crippen LogP contribution in [-0.4, -0.2) is 34.3 Å². The van der Waals surface area contributed by atoms with Crippen molar-refractivity contribution >= 4 is 35.4 Å². The van der Waals surface area contributed by atoms with E-state index < -0.39 is 5.91 Å². The number of rotatable bonds is 7. The number of nitrogens with zero attached hydrogens (tertiary/aromatic N) is 3. The standard InChI is InChI=1S/C19H27N9O/c1-11-6-12(8-13(7-11)28-24-10-20)25-18-14(17(22)29)9-23-19(27-18)26-16-5-3-2-4-15(16)21/h6-10,15-16,28H,2-5,21H2,1H3,(H2,20,24)(H2,22,29)(H2,23,25,26,27)/p+1. The molecule has 1 fully saturated rings. The zero-order valence-corrected chi connectivity index (χ0v) is 16.4. The van der Waals surface area contributed by atoms with Gasteiger partial charge in [-0.3, -0.25) is 4.79 Å². The molecule has 1 aliphatic carbocycles. The van der Waals surface area contributed by atoms with Crippen LogP contribution in [0.2, 0.25) is 0 Å². The van der Waals surface area contributed by atoms with E-state index in [1.54, 1.807) is 5.43 Å². The van der Waals surface area contributed by atoms with Crippen molar-refractivity contribution in [3.05, 3.63) is 35.5 Å². The number of nitrogens with one attached hydrogen (secondary N) is 2. The van der Waals surface area contributed by atoms with Crippen molar-refractivity contribution in [1.29, 1.82) is 0 Å². The topological polar surface area (TPSA) is 174 Å². The number of carbonyl (C=O) groups excluding carboxylic acids is 1. The lowest BCUT2D eigenvalue weighted by Gasteiger charge is -2.29. The van der Waals surface area contributed by atoms with Gasteiger partial charge < -0.3 is 27.8 Å². The van der Waals surface area contributed by atoms with E-state index in [9.17, 15) is 4.79 Å². The molecule has 0 saturated heterocycles. The third-order valence-corrected chi connectivity index (χ3v) is 4.86. The Morgan fingerprint density at radius 3 is 2.83 bits per heavy atom. The molecular weight excluding hydrogens is 370 g/mol. The average molecular weight is 398 g/mol. The van der Waals surface area contributed by atoms with Gasteiger partial charge in [-0.25, -0.2) is 4.98 Å². The molecule has 10 N–H and O–H groups in total. The number of amides is 1. The Labute approximate surface area is 169 Å². The lowest BCUT2D eigenvalue weighted by Crippen LogP contribution is -2.71. The van der Waals surface area contributed by atoms with Crippen LogP contribution in [0.5, 0.6) is 0 Å². The van der Waals surface area contributed by atoms with Crippen molar-refractivity contribution in [2.75, 3.05) is 10.6 Å². The monoisotopic (exact) mass is 398 g/mol. The summed E-state index contributed by atoms with van der Waals surface area (Å²) in [6.45, 7) is 1.96. The molecule has 1 amide bonds. The Morgan fingerprint density at radius 2 is 2.10 bits per heavy atom. The van der Waals surface area contributed by atoms with Crippen LogP contribution in [0.3, 0.4) is 0 Å². The number of hydrogen-bond donors (Lipinski definition) is 6. The SMILES string of the molecule is Cc1cc(Nc2nc(NC3CCCCC3N)ncc2C(N)=O)cc([NH2+]N=CN)c1. The van der Waals surface area contributed by atoms with Gasteiger partial charge >= 0.3 is 0 Å². The Hall–Kier alpha value is -3.24. The first kappa shape index (κ1) is 20.5. The summed E-state index contributed by atoms with van der Waals surface area (Å²) in [6, 6.07) is 5.92. The van der Waals surface area contributed by atoms with E-state index in [0.29, 0.717) is 11.8 Å². The molecule has 10 heteroatoms. The fourth-order valence-corrected chi connectivity index (χ4v) is 3.46. The maximum absolute atomic E-state index is 11.9. The number of carbonyl (C=O) groups is 1. The number of aromatic nitrogens is 2. The number of aryl methyl sites for hydroxylation is 1. The first-order valence-electron chi connectivity index (χ1n) is 9.60. The molecule has 3 rings (SSSR count). The molecule has 1 saturated carbocycles. The number of quaternary nitrogens is 1. The molecule has 2 unspecified atom stereocenters. The second-order valence-corrected chi connectivity index (χ2v) is 7.20. The molecule has 29 heavy (non-hydrogen) atoms. The first-order chi connectivity index (χ1) is 14.0. The van der Waals surface area contributed by atoms with Gasteiger partial charge in [0.2, 0.25) is 5.95 Å². The van der Waals surface area contributed by atoms with Gasteiger partial charge in [0.1, 0.15) is 17.7 Å². The molecule has 1 aromatic heterocycles. The molecule has 0 aliphatic heterocycles. The van der Waals surface area contributed by atoms with Crippen LogP contribution in [0.1, 0.15) is 41.6 Å². The van der Waals surface area contributed by atoms with Crippen LogP contribution in [0.4, 0.5) is 23.1 Å². The summed E-state index contributed by atoms with van der Waals surface area (Å²) in [5.41, 5.74) is 21.5. The van der Waals surface area contributed by atoms with Crippen LogP contribution < -0.4 is 33.3 Å². The van der Waals surface area contributed by atoms with E-state index in [4.69, 9.17) is 17.2 Å². The average Bonchev–Trinajstić information content (AvgIpc) is 2.68. The van der Waals surface area contributed by atoms with Crippen LogP contribution >= 0.6 is 0 Å². The molecule has 0 bridgehead atoms. The fraction of sp³-hybridized carbons (Fsp3) is 0.368. The zero-order chi connectivity index (χ0) is 20.8. The Morgan fingerprint density at radius 1 is 1.31 bits per heavy atom. The minimum Gasteiger partial charge on any atom is -0.385 e. The number of benzene rings is 1. The zero-order valence-electron chi connectivity index (χ0n) is 16.4. The second-order valence-electron chi connectivity index (χ2n) is 7.20. The maximum atomic E-state index is 11.9. The van der Waals surface area contributed by atoms with Gasteiger partial charge in [-0.05, 0) is 31.4 Å². The van der Waals surface area contributed by atoms with E-state index in [1.807, 2.05) is 25.1 Å². The van der Waals surface area contributed by atoms with Gasteiger partial charge in [0.05, 0.1) is 0 Å². The molecule has 1 heterocycles. The first-order valence-corrected chi connectivity index (χ1v) is 9.60. The molecule has 2 aromatic rings. The van der Waals surface area contributed by atoms with Crippen molar-refractivity contribution in [2.24, 2.45) is 22.3 Å². The van der Waals surface area contributed by atoms with Gasteiger partial charge in [0.15, 0.2) is 5.69 Å². The highest BCUT2D eigenvalue weighted by molar-refractivity contribution is 5.98. The number of hydrogen-bond acceptors (Lipinski definition) is 7. The van der Waals surface area contributed by atoms with E-state index in [2.05, 4.69) is 25.7 Å². The smallest absolute Gasteiger partial charge is 0.254 e. The van der Waals surface area contributed by atoms with Crippen LogP contribution in [0.15, 0.2) is 29.5 Å². The second kappa shape index (κ2) is 9.30. The Balaban J connectivity index is 1.86. The number of anilines is 3. The normalized spacial score (nSPS) is 19.2. The number of nitrogens with two attached hydrogens (primary N) is 4. The van der Waals surface area contributed by atoms with Crippen LogP contribution in [0, 0.1) is 6.92 Å². The maximum Gasteiger partial charge on any atom is 0.254 e. The third kappa shape index (κ3) is 5.39. The summed E-state index contributed by atoms with van der Waals surface area (Å²) < 4.78 is 0. The molecule has 0 spiro atoms. The Kier molecular flexibility index (Phi) is 6.57. The lowest BCUT2D eigenvalue weighted by molar-refractivity contribution is -0.577. The van der Waals surface area contributed by atoms with E-state index in [0.717, 1.165) is 42.6 Å². The highest BCUT2D eigenvalue weighted by Gasteiger charge is 2.23. The van der Waals surface area contributed by atoms with Gasteiger partial charge in [-0.2, -0.15) is 10.4 Å². The highest BCUT2D eigenvalue weighted by atomic mass is 16.1. The van der Waals surface area contributed by atoms with E-state index in [1.165, 1.54) is 12.5 Å². The summed E-state index contributed by atoms with van der Waals surface area (Å²) in [7, 11) is 0. The quantitative estimate of drug-likeness (QED) is 0.129. The molecule has 2 atom stereocenters. The van der Waals surface area contributed by atoms with Gasteiger partial charge in [0.25, 0.3) is 5.91 Å². The molecule has 10 nitrogen and oxygen atoms in total. The molecule has 154 valence electrons. The third-order valence-electron chi connectivity index (χ3n) is 4.86. The predicted octanol–water partition coefficient (Wildman–Crippen LogP) is 0.406. The largest absolute Gasteiger partial charge is 0.385 e. The summed E-state index contributed by atoms with van der Waals surface area (Å²) in [6.07, 6.45) is 6.83. The summed E-state index contributed by atoms with van der Waals surface area (Å²) in [5.74, 6) is 0.130. The predicted molar refractivity (Wildman–Crippen MR) is 113 cm³/mol. The van der Waals surface area contributed by atoms with Gasteiger partial charge in [-0.15, -0.1) is 0 Å². The lowest BCUT2D eigenvalue weighted by atomic mass is 9.91. The van der Waals surface area contributed by atoms with Gasteiger partial charge in [-0.1, -0.05) is 17.9 Å². The highest BCUT2D eigenvalue weighted by Crippen LogP contribution is 2.24. The van der Waals surface area contributed by atoms with Crippen molar-refractivity contribution in [3.63, 3.8) is 0 Å². The summed E-state index contributed by atoms with van der Waals surface area (Å²) >= 11 is 0. The van der Waals surface area contributed by atoms with Crippen LogP contribution in [0.25, 0.3) is 0 Å².